The van der Waals surface area contributed by atoms with Crippen molar-refractivity contribution in [1.29, 1.82) is 0 Å². The Morgan fingerprint density at radius 2 is 2.10 bits per heavy atom. The fourth-order valence-corrected chi connectivity index (χ4v) is 6.64. The number of hydrogen-bond acceptors (Lipinski definition) is 5. The van der Waals surface area contributed by atoms with Gasteiger partial charge in [-0.3, -0.25) is 4.79 Å². The van der Waals surface area contributed by atoms with Crippen LogP contribution in [-0.4, -0.2) is 45.9 Å². The molecular formula is C24H25ClN4OS. The zero-order chi connectivity index (χ0) is 21.1. The van der Waals surface area contributed by atoms with E-state index in [1.165, 1.54) is 0 Å². The van der Waals surface area contributed by atoms with Gasteiger partial charge >= 0.3 is 0 Å². The second-order valence-corrected chi connectivity index (χ2v) is 10.4. The first kappa shape index (κ1) is 19.6. The molecule has 3 fully saturated rings. The Morgan fingerprint density at radius 3 is 2.97 bits per heavy atom. The molecule has 31 heavy (non-hydrogen) atoms. The highest BCUT2D eigenvalue weighted by molar-refractivity contribution is 7.16. The highest BCUT2D eigenvalue weighted by atomic mass is 35.5. The highest BCUT2D eigenvalue weighted by Gasteiger charge is 2.43. The number of carbonyl (C=O) groups is 1. The molecule has 3 aromatic rings. The number of hydrogen-bond donors (Lipinski definition) is 1. The monoisotopic (exact) mass is 452 g/mol. The van der Waals surface area contributed by atoms with E-state index < -0.39 is 0 Å². The molecule has 2 bridgehead atoms. The first-order valence-electron chi connectivity index (χ1n) is 11.1. The maximum atomic E-state index is 13.3. The van der Waals surface area contributed by atoms with Gasteiger partial charge in [0, 0.05) is 47.1 Å². The van der Waals surface area contributed by atoms with Gasteiger partial charge in [-0.2, -0.15) is 0 Å². The molecule has 7 heteroatoms. The van der Waals surface area contributed by atoms with Gasteiger partial charge in [0.05, 0.1) is 5.69 Å². The molecule has 1 N–H and O–H groups in total. The maximum absolute atomic E-state index is 13.3. The lowest BCUT2D eigenvalue weighted by Gasteiger charge is -2.28. The van der Waals surface area contributed by atoms with Gasteiger partial charge in [-0.05, 0) is 67.7 Å². The Kier molecular flexibility index (Phi) is 4.78. The molecule has 6 rings (SSSR count). The van der Waals surface area contributed by atoms with E-state index in [0.717, 1.165) is 66.1 Å². The molecule has 1 aliphatic heterocycles. The van der Waals surface area contributed by atoms with E-state index in [0.29, 0.717) is 34.5 Å². The van der Waals surface area contributed by atoms with Crippen molar-refractivity contribution in [3.63, 3.8) is 0 Å². The van der Waals surface area contributed by atoms with Crippen LogP contribution >= 0.6 is 22.9 Å². The number of amides is 1. The van der Waals surface area contributed by atoms with Crippen LogP contribution in [0.4, 0.5) is 0 Å². The molecule has 1 amide bonds. The van der Waals surface area contributed by atoms with E-state index >= 15 is 0 Å². The third kappa shape index (κ3) is 3.45. The number of nitrogens with one attached hydrogen (secondary N) is 1. The molecule has 3 aliphatic rings. The van der Waals surface area contributed by atoms with Crippen LogP contribution in [0, 0.1) is 6.92 Å². The van der Waals surface area contributed by atoms with Gasteiger partial charge < -0.3 is 10.2 Å². The summed E-state index contributed by atoms with van der Waals surface area (Å²) in [6.45, 7) is 3.60. The van der Waals surface area contributed by atoms with Crippen molar-refractivity contribution in [1.82, 2.24) is 20.2 Å². The van der Waals surface area contributed by atoms with E-state index in [2.05, 4.69) is 32.7 Å². The van der Waals surface area contributed by atoms with Crippen molar-refractivity contribution in [3.05, 3.63) is 57.3 Å². The summed E-state index contributed by atoms with van der Waals surface area (Å²) < 4.78 is 0. The number of thiophene rings is 1. The maximum Gasteiger partial charge on any atom is 0.254 e. The van der Waals surface area contributed by atoms with Crippen LogP contribution in [0.15, 0.2) is 29.6 Å². The lowest BCUT2D eigenvalue weighted by Crippen LogP contribution is -2.41. The molecule has 160 valence electrons. The van der Waals surface area contributed by atoms with E-state index in [1.807, 2.05) is 19.1 Å². The lowest BCUT2D eigenvalue weighted by atomic mass is 10.0. The predicted molar refractivity (Wildman–Crippen MR) is 124 cm³/mol. The third-order valence-electron chi connectivity index (χ3n) is 7.15. The lowest BCUT2D eigenvalue weighted by molar-refractivity contribution is 0.0693. The SMILES string of the molecule is Cc1nc(C2CC2c2ccc(C(=O)N3CCNC4CCC3C4)cc2Cl)c2ccsc2n1. The minimum atomic E-state index is 0.113. The Morgan fingerprint density at radius 1 is 1.19 bits per heavy atom. The second-order valence-electron chi connectivity index (χ2n) is 9.10. The predicted octanol–water partition coefficient (Wildman–Crippen LogP) is 4.89. The van der Waals surface area contributed by atoms with Crippen LogP contribution in [0.2, 0.25) is 5.02 Å². The minimum Gasteiger partial charge on any atom is -0.334 e. The highest BCUT2D eigenvalue weighted by Crippen LogP contribution is 2.57. The number of benzene rings is 1. The molecule has 5 nitrogen and oxygen atoms in total. The molecule has 2 aliphatic carbocycles. The Hall–Kier alpha value is -2.02. The fraction of sp³-hybridized carbons (Fsp3) is 0.458. The Labute approximate surface area is 190 Å². The average molecular weight is 453 g/mol. The number of halogens is 1. The number of carbonyl (C=O) groups excluding carboxylic acids is 1. The number of nitrogens with zero attached hydrogens (tertiary/aromatic N) is 3. The summed E-state index contributed by atoms with van der Waals surface area (Å²) in [6.07, 6.45) is 4.36. The van der Waals surface area contributed by atoms with E-state index in [4.69, 9.17) is 16.6 Å². The van der Waals surface area contributed by atoms with Crippen LogP contribution in [0.5, 0.6) is 0 Å². The average Bonchev–Trinajstić information content (AvgIpc) is 3.22. The molecule has 2 aromatic heterocycles. The smallest absolute Gasteiger partial charge is 0.254 e. The van der Waals surface area contributed by atoms with Crippen molar-refractivity contribution in [2.24, 2.45) is 0 Å². The van der Waals surface area contributed by atoms with Crippen molar-refractivity contribution >= 4 is 39.1 Å². The number of aryl methyl sites for hydroxylation is 1. The number of rotatable bonds is 3. The van der Waals surface area contributed by atoms with Crippen molar-refractivity contribution in [3.8, 4) is 0 Å². The largest absolute Gasteiger partial charge is 0.334 e. The summed E-state index contributed by atoms with van der Waals surface area (Å²) in [4.78, 5) is 25.7. The van der Waals surface area contributed by atoms with Gasteiger partial charge in [-0.25, -0.2) is 9.97 Å². The van der Waals surface area contributed by atoms with Crippen LogP contribution in [-0.2, 0) is 0 Å². The topological polar surface area (TPSA) is 58.1 Å². The third-order valence-corrected chi connectivity index (χ3v) is 8.28. The van der Waals surface area contributed by atoms with Crippen LogP contribution in [0.25, 0.3) is 10.2 Å². The number of aromatic nitrogens is 2. The first-order chi connectivity index (χ1) is 15.1. The number of fused-ring (bicyclic) bond motifs is 3. The molecule has 4 unspecified atom stereocenters. The van der Waals surface area contributed by atoms with E-state index in [1.54, 1.807) is 11.3 Å². The quantitative estimate of drug-likeness (QED) is 0.614. The van der Waals surface area contributed by atoms with Crippen LogP contribution in [0.1, 0.15) is 65.0 Å². The molecule has 3 heterocycles. The summed E-state index contributed by atoms with van der Waals surface area (Å²) in [5, 5.41) is 7.50. The minimum absolute atomic E-state index is 0.113. The normalized spacial score (nSPS) is 27.5. The van der Waals surface area contributed by atoms with Gasteiger partial charge in [0.15, 0.2) is 0 Å². The summed E-state index contributed by atoms with van der Waals surface area (Å²) in [5.41, 5.74) is 2.97. The molecule has 0 spiro atoms. The molecule has 0 radical (unpaired) electrons. The molecule has 1 saturated heterocycles. The van der Waals surface area contributed by atoms with Gasteiger partial charge in [0.1, 0.15) is 10.7 Å². The van der Waals surface area contributed by atoms with E-state index in [-0.39, 0.29) is 5.91 Å². The fourth-order valence-electron chi connectivity index (χ4n) is 5.50. The molecule has 2 saturated carbocycles. The van der Waals surface area contributed by atoms with Gasteiger partial charge in [0.25, 0.3) is 5.91 Å². The summed E-state index contributed by atoms with van der Waals surface area (Å²) in [5.74, 6) is 1.65. The van der Waals surface area contributed by atoms with Crippen LogP contribution < -0.4 is 5.32 Å². The summed E-state index contributed by atoms with van der Waals surface area (Å²) in [6, 6.07) is 8.96. The zero-order valence-corrected chi connectivity index (χ0v) is 19.0. The Balaban J connectivity index is 1.24. The standard InChI is InChI=1S/C24H25ClN4OS/c1-13-27-22(18-6-9-31-23(18)28-13)20-12-19(20)17-5-2-14(10-21(17)25)24(30)29-8-7-26-15-3-4-16(29)11-15/h2,5-6,9-10,15-16,19-20,26H,3-4,7-8,11-12H2,1H3. The van der Waals surface area contributed by atoms with Crippen LogP contribution in [0.3, 0.4) is 0 Å². The second kappa shape index (κ2) is 7.54. The molecule has 4 atom stereocenters. The zero-order valence-electron chi connectivity index (χ0n) is 17.5. The van der Waals surface area contributed by atoms with Gasteiger partial charge in [0.2, 0.25) is 0 Å². The summed E-state index contributed by atoms with van der Waals surface area (Å²) >= 11 is 8.39. The van der Waals surface area contributed by atoms with Crippen molar-refractivity contribution < 1.29 is 4.79 Å². The molecular weight excluding hydrogens is 428 g/mol. The molecule has 1 aromatic carbocycles. The first-order valence-corrected chi connectivity index (χ1v) is 12.4. The Bertz CT molecular complexity index is 1180. The van der Waals surface area contributed by atoms with E-state index in [9.17, 15) is 4.79 Å². The van der Waals surface area contributed by atoms with Gasteiger partial charge in [-0.15, -0.1) is 11.3 Å². The summed E-state index contributed by atoms with van der Waals surface area (Å²) in [7, 11) is 0. The van der Waals surface area contributed by atoms with Crippen molar-refractivity contribution in [2.75, 3.05) is 13.1 Å². The van der Waals surface area contributed by atoms with Gasteiger partial charge in [-0.1, -0.05) is 17.7 Å². The van der Waals surface area contributed by atoms with Crippen molar-refractivity contribution in [2.45, 2.75) is 56.5 Å².